The van der Waals surface area contributed by atoms with Gasteiger partial charge in [0.25, 0.3) is 0 Å². The van der Waals surface area contributed by atoms with Gasteiger partial charge in [0, 0.05) is 0 Å². The zero-order valence-corrected chi connectivity index (χ0v) is 16.5. The van der Waals surface area contributed by atoms with Crippen LogP contribution in [0.4, 0.5) is 0 Å². The molecule has 0 aromatic heterocycles. The van der Waals surface area contributed by atoms with Crippen LogP contribution in [0, 0.1) is 0 Å². The van der Waals surface area contributed by atoms with E-state index >= 15 is 0 Å². The first-order chi connectivity index (χ1) is 13.4. The molecular weight excluding hydrogens is 354 g/mol. The molecule has 2 atom stereocenters. The van der Waals surface area contributed by atoms with Crippen molar-refractivity contribution in [1.29, 1.82) is 0 Å². The quantitative estimate of drug-likeness (QED) is 0.727. The van der Waals surface area contributed by atoms with Crippen LogP contribution in [0.25, 0.3) is 0 Å². The monoisotopic (exact) mass is 381 g/mol. The molecule has 0 saturated carbocycles. The lowest BCUT2D eigenvalue weighted by atomic mass is 10.0. The van der Waals surface area contributed by atoms with Crippen LogP contribution in [0.5, 0.6) is 0 Å². The van der Waals surface area contributed by atoms with Crippen molar-refractivity contribution < 1.29 is 14.4 Å². The van der Waals surface area contributed by atoms with Crippen LogP contribution in [0.3, 0.4) is 0 Å². The third-order valence-electron chi connectivity index (χ3n) is 4.42. The number of benzene rings is 2. The maximum Gasteiger partial charge on any atom is 0.248 e. The third kappa shape index (κ3) is 6.63. The number of carbonyl (C=O) groups is 3. The summed E-state index contributed by atoms with van der Waals surface area (Å²) in [7, 11) is 3.59. The van der Waals surface area contributed by atoms with Crippen molar-refractivity contribution >= 4 is 17.7 Å². The average molecular weight is 381 g/mol. The lowest BCUT2D eigenvalue weighted by Crippen LogP contribution is -2.52. The molecule has 148 valence electrons. The summed E-state index contributed by atoms with van der Waals surface area (Å²) in [5.41, 5.74) is 1.87. The SMILES string of the molecule is C[C@H](NC(=O)Cc1ccccc1)C(=O)NC(=O)[C@H](Cc1ccccc1)N(C)C. The smallest absolute Gasteiger partial charge is 0.248 e. The average Bonchev–Trinajstić information content (AvgIpc) is 2.67. The highest BCUT2D eigenvalue weighted by Gasteiger charge is 2.25. The van der Waals surface area contributed by atoms with Gasteiger partial charge in [0.15, 0.2) is 0 Å². The van der Waals surface area contributed by atoms with Crippen LogP contribution in [-0.4, -0.2) is 48.8 Å². The number of hydrogen-bond acceptors (Lipinski definition) is 4. The van der Waals surface area contributed by atoms with Crippen LogP contribution in [0.1, 0.15) is 18.1 Å². The van der Waals surface area contributed by atoms with Crippen LogP contribution in [0.2, 0.25) is 0 Å². The minimum absolute atomic E-state index is 0.181. The molecule has 0 saturated heterocycles. The van der Waals surface area contributed by atoms with E-state index < -0.39 is 18.0 Å². The Labute approximate surface area is 165 Å². The van der Waals surface area contributed by atoms with E-state index in [0.717, 1.165) is 11.1 Å². The Morgan fingerprint density at radius 3 is 1.93 bits per heavy atom. The van der Waals surface area contributed by atoms with E-state index in [2.05, 4.69) is 10.6 Å². The molecule has 0 fully saturated rings. The maximum absolute atomic E-state index is 12.6. The van der Waals surface area contributed by atoms with Gasteiger partial charge in [-0.15, -0.1) is 0 Å². The van der Waals surface area contributed by atoms with Crippen LogP contribution < -0.4 is 10.6 Å². The zero-order chi connectivity index (χ0) is 20.5. The fraction of sp³-hybridized carbons (Fsp3) is 0.318. The first-order valence-electron chi connectivity index (χ1n) is 9.25. The number of rotatable bonds is 8. The summed E-state index contributed by atoms with van der Waals surface area (Å²) in [4.78, 5) is 38.8. The zero-order valence-electron chi connectivity index (χ0n) is 16.5. The topological polar surface area (TPSA) is 78.5 Å². The lowest BCUT2D eigenvalue weighted by Gasteiger charge is -2.24. The normalized spacial score (nSPS) is 12.9. The second kappa shape index (κ2) is 10.4. The molecule has 3 amide bonds. The fourth-order valence-corrected chi connectivity index (χ4v) is 2.80. The van der Waals surface area contributed by atoms with Crippen molar-refractivity contribution in [3.8, 4) is 0 Å². The van der Waals surface area contributed by atoms with Crippen molar-refractivity contribution in [1.82, 2.24) is 15.5 Å². The Morgan fingerprint density at radius 2 is 1.39 bits per heavy atom. The molecule has 0 heterocycles. The number of nitrogens with zero attached hydrogens (tertiary/aromatic N) is 1. The molecule has 0 spiro atoms. The molecule has 28 heavy (non-hydrogen) atoms. The largest absolute Gasteiger partial charge is 0.344 e. The molecule has 0 aliphatic heterocycles. The minimum Gasteiger partial charge on any atom is -0.344 e. The third-order valence-corrected chi connectivity index (χ3v) is 4.42. The molecule has 0 aliphatic rings. The number of hydrogen-bond donors (Lipinski definition) is 2. The number of amides is 3. The van der Waals surface area contributed by atoms with Crippen molar-refractivity contribution in [2.75, 3.05) is 14.1 Å². The summed E-state index contributed by atoms with van der Waals surface area (Å²) in [6.07, 6.45) is 0.669. The number of likely N-dealkylation sites (N-methyl/N-ethyl adjacent to an activating group) is 1. The van der Waals surface area contributed by atoms with Gasteiger partial charge in [-0.1, -0.05) is 60.7 Å². The first-order valence-corrected chi connectivity index (χ1v) is 9.25. The molecule has 2 rings (SSSR count). The van der Waals surface area contributed by atoms with Gasteiger partial charge in [-0.3, -0.25) is 24.6 Å². The van der Waals surface area contributed by atoms with Gasteiger partial charge < -0.3 is 5.32 Å². The number of carbonyl (C=O) groups excluding carboxylic acids is 3. The summed E-state index contributed by atoms with van der Waals surface area (Å²) in [6.45, 7) is 1.56. The van der Waals surface area contributed by atoms with E-state index in [9.17, 15) is 14.4 Å². The van der Waals surface area contributed by atoms with Gasteiger partial charge in [-0.2, -0.15) is 0 Å². The maximum atomic E-state index is 12.6. The summed E-state index contributed by atoms with van der Waals surface area (Å²) in [5, 5.41) is 5.05. The minimum atomic E-state index is -0.806. The van der Waals surface area contributed by atoms with Gasteiger partial charge in [0.2, 0.25) is 17.7 Å². The van der Waals surface area contributed by atoms with E-state index in [1.165, 1.54) is 0 Å². The molecule has 6 nitrogen and oxygen atoms in total. The Balaban J connectivity index is 1.89. The van der Waals surface area contributed by atoms with Crippen molar-refractivity contribution in [2.24, 2.45) is 0 Å². The number of imide groups is 1. The molecule has 0 bridgehead atoms. The van der Waals surface area contributed by atoms with Crippen LogP contribution in [0.15, 0.2) is 60.7 Å². The van der Waals surface area contributed by atoms with Crippen molar-refractivity contribution in [3.05, 3.63) is 71.8 Å². The molecule has 0 aliphatic carbocycles. The Kier molecular flexibility index (Phi) is 7.89. The molecule has 2 N–H and O–H groups in total. The second-order valence-corrected chi connectivity index (χ2v) is 6.97. The van der Waals surface area contributed by atoms with E-state index in [4.69, 9.17) is 0 Å². The molecule has 0 unspecified atom stereocenters. The Morgan fingerprint density at radius 1 is 0.857 bits per heavy atom. The molecule has 6 heteroatoms. The second-order valence-electron chi connectivity index (χ2n) is 6.97. The summed E-state index contributed by atoms with van der Waals surface area (Å²) < 4.78 is 0. The van der Waals surface area contributed by atoms with Gasteiger partial charge in [-0.25, -0.2) is 0 Å². The van der Waals surface area contributed by atoms with E-state index in [0.29, 0.717) is 6.42 Å². The van der Waals surface area contributed by atoms with Crippen LogP contribution in [-0.2, 0) is 27.2 Å². The summed E-state index contributed by atoms with van der Waals surface area (Å²) >= 11 is 0. The Hall–Kier alpha value is -2.99. The van der Waals surface area contributed by atoms with Crippen molar-refractivity contribution in [3.63, 3.8) is 0 Å². The highest BCUT2D eigenvalue weighted by Crippen LogP contribution is 2.07. The van der Waals surface area contributed by atoms with E-state index in [1.54, 1.807) is 25.9 Å². The fourth-order valence-electron chi connectivity index (χ4n) is 2.80. The van der Waals surface area contributed by atoms with Gasteiger partial charge in [0.1, 0.15) is 6.04 Å². The molecule has 2 aromatic carbocycles. The van der Waals surface area contributed by atoms with Gasteiger partial charge in [0.05, 0.1) is 12.5 Å². The van der Waals surface area contributed by atoms with E-state index in [1.807, 2.05) is 60.7 Å². The van der Waals surface area contributed by atoms with E-state index in [-0.39, 0.29) is 18.2 Å². The predicted octanol–water partition coefficient (Wildman–Crippen LogP) is 1.55. The Bertz CT molecular complexity index is 791. The highest BCUT2D eigenvalue weighted by atomic mass is 16.2. The van der Waals surface area contributed by atoms with Crippen LogP contribution >= 0.6 is 0 Å². The predicted molar refractivity (Wildman–Crippen MR) is 109 cm³/mol. The highest BCUT2D eigenvalue weighted by molar-refractivity contribution is 6.01. The van der Waals surface area contributed by atoms with Gasteiger partial charge in [-0.05, 0) is 38.6 Å². The summed E-state index contributed by atoms with van der Waals surface area (Å²) in [6, 6.07) is 17.6. The first kappa shape index (κ1) is 21.3. The molecule has 2 aromatic rings. The molecular formula is C22H27N3O3. The summed E-state index contributed by atoms with van der Waals surface area (Å²) in [5.74, 6) is -1.18. The standard InChI is InChI=1S/C22H27N3O3/c1-16(23-20(26)15-18-12-8-5-9-13-18)21(27)24-22(28)19(25(2)3)14-17-10-6-4-7-11-17/h4-13,16,19H,14-15H2,1-3H3,(H,23,26)(H,24,27,28)/t16-,19-/m0/s1. The van der Waals surface area contributed by atoms with Gasteiger partial charge >= 0.3 is 0 Å². The number of nitrogens with one attached hydrogen (secondary N) is 2. The lowest BCUT2D eigenvalue weighted by molar-refractivity contribution is -0.135. The molecule has 0 radical (unpaired) electrons. The van der Waals surface area contributed by atoms with Crippen molar-refractivity contribution in [2.45, 2.75) is 31.8 Å².